The van der Waals surface area contributed by atoms with Gasteiger partial charge in [0.15, 0.2) is 0 Å². The molecule has 0 saturated carbocycles. The van der Waals surface area contributed by atoms with Gasteiger partial charge in [-0.3, -0.25) is 9.59 Å². The quantitative estimate of drug-likeness (QED) is 0.582. The molecule has 3 N–H and O–H groups in total. The van der Waals surface area contributed by atoms with E-state index in [0.29, 0.717) is 19.3 Å². The van der Waals surface area contributed by atoms with E-state index in [1.165, 1.54) is 19.1 Å². The fourth-order valence-electron chi connectivity index (χ4n) is 3.33. The van der Waals surface area contributed by atoms with Crippen LogP contribution < -0.4 is 16.0 Å². The molecule has 1 aromatic carbocycles. The van der Waals surface area contributed by atoms with Crippen LogP contribution in [-0.2, 0) is 15.8 Å². The van der Waals surface area contributed by atoms with Gasteiger partial charge in [-0.15, -0.1) is 0 Å². The highest BCUT2D eigenvalue weighted by atomic mass is 19.4. The van der Waals surface area contributed by atoms with Crippen molar-refractivity contribution in [2.45, 2.75) is 32.0 Å². The molecule has 1 aliphatic rings. The standard InChI is InChI=1S/C21H23F3N6O2/c1-3-18(32)27-16-8-4-5-9-17(16)28-19-15(21(22,23)24)11-25-20(29-19)26-14-7-6-10-30(12-14)13(2)31/h3-5,8-9,11,14H,1,6-7,10,12H2,2H3,(H,27,32)(H2,25,26,28,29)/t14-/m0/s1. The number of carbonyl (C=O) groups is 2. The minimum Gasteiger partial charge on any atom is -0.350 e. The lowest BCUT2D eigenvalue weighted by atomic mass is 10.1. The van der Waals surface area contributed by atoms with Gasteiger partial charge >= 0.3 is 6.18 Å². The molecule has 0 radical (unpaired) electrons. The van der Waals surface area contributed by atoms with E-state index in [-0.39, 0.29) is 29.3 Å². The van der Waals surface area contributed by atoms with Crippen LogP contribution in [0.3, 0.4) is 0 Å². The Morgan fingerprint density at radius 3 is 2.62 bits per heavy atom. The number of nitrogens with zero attached hydrogens (tertiary/aromatic N) is 3. The molecule has 11 heteroatoms. The average molecular weight is 448 g/mol. The van der Waals surface area contributed by atoms with Crippen LogP contribution in [0.5, 0.6) is 0 Å². The molecular formula is C21H23F3N6O2. The van der Waals surface area contributed by atoms with Crippen LogP contribution in [-0.4, -0.2) is 45.8 Å². The number of nitrogens with one attached hydrogen (secondary N) is 3. The zero-order chi connectivity index (χ0) is 23.3. The Morgan fingerprint density at radius 1 is 1.25 bits per heavy atom. The molecule has 1 fully saturated rings. The molecule has 2 aromatic rings. The molecule has 2 heterocycles. The van der Waals surface area contributed by atoms with Crippen molar-refractivity contribution < 1.29 is 22.8 Å². The third kappa shape index (κ3) is 5.74. The first-order valence-electron chi connectivity index (χ1n) is 9.93. The molecule has 0 spiro atoms. The zero-order valence-electron chi connectivity index (χ0n) is 17.4. The highest BCUT2D eigenvalue weighted by molar-refractivity contribution is 6.01. The van der Waals surface area contributed by atoms with Crippen molar-refractivity contribution in [3.05, 3.63) is 48.7 Å². The molecule has 32 heavy (non-hydrogen) atoms. The molecule has 2 amide bonds. The van der Waals surface area contributed by atoms with Crippen molar-refractivity contribution in [1.29, 1.82) is 0 Å². The predicted octanol–water partition coefficient (Wildman–Crippen LogP) is 3.79. The van der Waals surface area contributed by atoms with Crippen LogP contribution >= 0.6 is 0 Å². The van der Waals surface area contributed by atoms with Crippen molar-refractivity contribution in [3.63, 3.8) is 0 Å². The third-order valence-corrected chi connectivity index (χ3v) is 4.92. The SMILES string of the molecule is C=CC(=O)Nc1ccccc1Nc1nc(N[C@H]2CCCN(C(C)=O)C2)ncc1C(F)(F)F. The summed E-state index contributed by atoms with van der Waals surface area (Å²) in [6.07, 6.45) is -1.45. The van der Waals surface area contributed by atoms with E-state index in [9.17, 15) is 22.8 Å². The molecule has 1 aromatic heterocycles. The van der Waals surface area contributed by atoms with Gasteiger partial charge in [-0.05, 0) is 31.1 Å². The van der Waals surface area contributed by atoms with E-state index in [0.717, 1.165) is 18.9 Å². The Labute approximate surface area is 182 Å². The average Bonchev–Trinajstić information content (AvgIpc) is 2.74. The number of hydrogen-bond donors (Lipinski definition) is 3. The van der Waals surface area contributed by atoms with Gasteiger partial charge < -0.3 is 20.9 Å². The van der Waals surface area contributed by atoms with Gasteiger partial charge in [0.25, 0.3) is 0 Å². The number of alkyl halides is 3. The predicted molar refractivity (Wildman–Crippen MR) is 114 cm³/mol. The number of rotatable bonds is 6. The summed E-state index contributed by atoms with van der Waals surface area (Å²) in [6.45, 7) is 5.90. The smallest absolute Gasteiger partial charge is 0.350 e. The van der Waals surface area contributed by atoms with E-state index >= 15 is 0 Å². The molecule has 1 saturated heterocycles. The fourth-order valence-corrected chi connectivity index (χ4v) is 3.33. The van der Waals surface area contributed by atoms with Gasteiger partial charge in [-0.1, -0.05) is 18.7 Å². The van der Waals surface area contributed by atoms with Gasteiger partial charge in [0, 0.05) is 32.3 Å². The Kier molecular flexibility index (Phi) is 6.96. The lowest BCUT2D eigenvalue weighted by Gasteiger charge is -2.32. The number of para-hydroxylation sites is 2. The largest absolute Gasteiger partial charge is 0.421 e. The third-order valence-electron chi connectivity index (χ3n) is 4.92. The van der Waals surface area contributed by atoms with Gasteiger partial charge in [0.2, 0.25) is 17.8 Å². The molecular weight excluding hydrogens is 425 g/mol. The number of halogens is 3. The first-order chi connectivity index (χ1) is 15.2. The molecule has 3 rings (SSSR count). The number of carbonyl (C=O) groups excluding carboxylic acids is 2. The van der Waals surface area contributed by atoms with Crippen LogP contribution in [0.1, 0.15) is 25.3 Å². The number of hydrogen-bond acceptors (Lipinski definition) is 6. The molecule has 1 atom stereocenters. The number of piperidine rings is 1. The highest BCUT2D eigenvalue weighted by Crippen LogP contribution is 2.36. The lowest BCUT2D eigenvalue weighted by Crippen LogP contribution is -2.44. The summed E-state index contributed by atoms with van der Waals surface area (Å²) in [7, 11) is 0. The van der Waals surface area contributed by atoms with Crippen LogP contribution in [0.2, 0.25) is 0 Å². The summed E-state index contributed by atoms with van der Waals surface area (Å²) in [4.78, 5) is 32.8. The molecule has 1 aliphatic heterocycles. The second-order valence-corrected chi connectivity index (χ2v) is 7.27. The van der Waals surface area contributed by atoms with E-state index in [1.54, 1.807) is 17.0 Å². The minimum absolute atomic E-state index is 0.00325. The minimum atomic E-state index is -4.70. The van der Waals surface area contributed by atoms with E-state index < -0.39 is 23.5 Å². The molecule has 0 unspecified atom stereocenters. The van der Waals surface area contributed by atoms with Gasteiger partial charge in [0.1, 0.15) is 11.4 Å². The maximum atomic E-state index is 13.6. The maximum Gasteiger partial charge on any atom is 0.421 e. The second-order valence-electron chi connectivity index (χ2n) is 7.27. The van der Waals surface area contributed by atoms with E-state index in [4.69, 9.17) is 0 Å². The van der Waals surface area contributed by atoms with E-state index in [2.05, 4.69) is 32.5 Å². The van der Waals surface area contributed by atoms with Crippen molar-refractivity contribution >= 4 is 35.0 Å². The fraction of sp³-hybridized carbons (Fsp3) is 0.333. The van der Waals surface area contributed by atoms with Gasteiger partial charge in [0.05, 0.1) is 11.4 Å². The van der Waals surface area contributed by atoms with Crippen molar-refractivity contribution in [2.24, 2.45) is 0 Å². The van der Waals surface area contributed by atoms with Crippen molar-refractivity contribution in [3.8, 4) is 0 Å². The molecule has 170 valence electrons. The summed E-state index contributed by atoms with van der Waals surface area (Å²) in [6, 6.07) is 6.11. The first-order valence-corrected chi connectivity index (χ1v) is 9.93. The molecule has 8 nitrogen and oxygen atoms in total. The lowest BCUT2D eigenvalue weighted by molar-refractivity contribution is -0.137. The highest BCUT2D eigenvalue weighted by Gasteiger charge is 2.36. The Hall–Kier alpha value is -3.63. The monoisotopic (exact) mass is 448 g/mol. The zero-order valence-corrected chi connectivity index (χ0v) is 17.4. The summed E-state index contributed by atoms with van der Waals surface area (Å²) in [5, 5.41) is 8.21. The summed E-state index contributed by atoms with van der Waals surface area (Å²) < 4.78 is 40.7. The summed E-state index contributed by atoms with van der Waals surface area (Å²) in [5.74, 6) is -1.03. The number of benzene rings is 1. The van der Waals surface area contributed by atoms with Crippen molar-refractivity contribution in [1.82, 2.24) is 14.9 Å². The summed E-state index contributed by atoms with van der Waals surface area (Å²) in [5.41, 5.74) is -0.566. The normalized spacial score (nSPS) is 16.2. The topological polar surface area (TPSA) is 99.2 Å². The molecule has 0 bridgehead atoms. The van der Waals surface area contributed by atoms with E-state index in [1.807, 2.05) is 0 Å². The summed E-state index contributed by atoms with van der Waals surface area (Å²) >= 11 is 0. The Bertz CT molecular complexity index is 1010. The second kappa shape index (κ2) is 9.67. The van der Waals surface area contributed by atoms with Gasteiger partial charge in [-0.25, -0.2) is 4.98 Å². The van der Waals surface area contributed by atoms with Crippen molar-refractivity contribution in [2.75, 3.05) is 29.0 Å². The number of amides is 2. The van der Waals surface area contributed by atoms with Crippen LogP contribution in [0.25, 0.3) is 0 Å². The first kappa shape index (κ1) is 23.0. The number of anilines is 4. The Balaban J connectivity index is 1.89. The van der Waals surface area contributed by atoms with Crippen LogP contribution in [0.15, 0.2) is 43.1 Å². The number of likely N-dealkylation sites (tertiary alicyclic amines) is 1. The van der Waals surface area contributed by atoms with Crippen LogP contribution in [0, 0.1) is 0 Å². The van der Waals surface area contributed by atoms with Gasteiger partial charge in [-0.2, -0.15) is 18.2 Å². The number of aromatic nitrogens is 2. The Morgan fingerprint density at radius 2 is 1.97 bits per heavy atom. The maximum absolute atomic E-state index is 13.6. The van der Waals surface area contributed by atoms with Crippen LogP contribution in [0.4, 0.5) is 36.3 Å². The molecule has 0 aliphatic carbocycles.